The number of ether oxygens (including phenoxy) is 1. The molecule has 0 radical (unpaired) electrons. The Hall–Kier alpha value is -0.120. The van der Waals surface area contributed by atoms with E-state index in [1.165, 1.54) is 19.6 Å². The number of rotatable bonds is 2. The molecule has 2 unspecified atom stereocenters. The first-order valence-corrected chi connectivity index (χ1v) is 6.91. The summed E-state index contributed by atoms with van der Waals surface area (Å²) >= 11 is 0. The zero-order valence-electron chi connectivity index (χ0n) is 12.0. The summed E-state index contributed by atoms with van der Waals surface area (Å²) in [5.74, 6) is 1.61. The Bertz CT molecular complexity index is 259. The quantitative estimate of drug-likeness (QED) is 0.795. The monoisotopic (exact) mass is 240 g/mol. The van der Waals surface area contributed by atoms with Gasteiger partial charge < -0.3 is 10.1 Å². The van der Waals surface area contributed by atoms with E-state index in [1.807, 2.05) is 0 Å². The summed E-state index contributed by atoms with van der Waals surface area (Å²) in [6, 6.07) is 0. The third-order valence-electron chi connectivity index (χ3n) is 3.93. The van der Waals surface area contributed by atoms with Gasteiger partial charge in [-0.3, -0.25) is 4.90 Å². The van der Waals surface area contributed by atoms with Gasteiger partial charge in [-0.05, 0) is 52.6 Å². The Morgan fingerprint density at radius 3 is 2.18 bits per heavy atom. The van der Waals surface area contributed by atoms with Gasteiger partial charge in [0.05, 0.1) is 11.2 Å². The van der Waals surface area contributed by atoms with Crippen molar-refractivity contribution in [1.29, 1.82) is 0 Å². The van der Waals surface area contributed by atoms with E-state index in [9.17, 15) is 0 Å². The lowest BCUT2D eigenvalue weighted by Crippen LogP contribution is -2.58. The third-order valence-corrected chi connectivity index (χ3v) is 3.93. The topological polar surface area (TPSA) is 24.5 Å². The fraction of sp³-hybridized carbons (Fsp3) is 1.00. The molecule has 3 heteroatoms. The molecule has 0 bridgehead atoms. The van der Waals surface area contributed by atoms with Gasteiger partial charge in [0.25, 0.3) is 0 Å². The summed E-state index contributed by atoms with van der Waals surface area (Å²) in [6.07, 6.45) is 0. The van der Waals surface area contributed by atoms with Gasteiger partial charge >= 0.3 is 0 Å². The van der Waals surface area contributed by atoms with Crippen LogP contribution >= 0.6 is 0 Å². The fourth-order valence-electron chi connectivity index (χ4n) is 3.51. The average molecular weight is 240 g/mol. The molecule has 17 heavy (non-hydrogen) atoms. The molecule has 0 aromatic heterocycles. The third kappa shape index (κ3) is 3.43. The normalized spacial score (nSPS) is 37.2. The maximum atomic E-state index is 6.13. The zero-order chi connectivity index (χ0) is 12.7. The summed E-state index contributed by atoms with van der Waals surface area (Å²) in [7, 11) is 0. The SMILES string of the molecule is CC1CNCC1CN1CC(C)(C)OC(C)(C)C1. The molecule has 2 aliphatic rings. The first kappa shape index (κ1) is 13.3. The molecule has 0 amide bonds. The maximum absolute atomic E-state index is 6.13. The Morgan fingerprint density at radius 2 is 1.71 bits per heavy atom. The van der Waals surface area contributed by atoms with Gasteiger partial charge in [0.2, 0.25) is 0 Å². The van der Waals surface area contributed by atoms with Crippen LogP contribution in [0.4, 0.5) is 0 Å². The lowest BCUT2D eigenvalue weighted by atomic mass is 9.94. The van der Waals surface area contributed by atoms with E-state index in [1.54, 1.807) is 0 Å². The van der Waals surface area contributed by atoms with Gasteiger partial charge in [-0.15, -0.1) is 0 Å². The van der Waals surface area contributed by atoms with Crippen LogP contribution in [0.5, 0.6) is 0 Å². The number of nitrogens with zero attached hydrogens (tertiary/aromatic N) is 1. The van der Waals surface area contributed by atoms with Crippen molar-refractivity contribution in [3.8, 4) is 0 Å². The summed E-state index contributed by atoms with van der Waals surface area (Å²) in [5.41, 5.74) is -0.0337. The van der Waals surface area contributed by atoms with Crippen LogP contribution in [-0.2, 0) is 4.74 Å². The lowest BCUT2D eigenvalue weighted by Gasteiger charge is -2.48. The second-order valence-corrected chi connectivity index (χ2v) is 7.19. The van der Waals surface area contributed by atoms with Crippen LogP contribution in [0.15, 0.2) is 0 Å². The van der Waals surface area contributed by atoms with Crippen LogP contribution in [0.2, 0.25) is 0 Å². The number of morpholine rings is 1. The predicted octanol–water partition coefficient (Wildman–Crippen LogP) is 1.73. The molecule has 0 aromatic rings. The van der Waals surface area contributed by atoms with E-state index in [4.69, 9.17) is 4.74 Å². The van der Waals surface area contributed by atoms with Crippen molar-refractivity contribution in [2.45, 2.75) is 45.8 Å². The summed E-state index contributed by atoms with van der Waals surface area (Å²) in [4.78, 5) is 2.59. The van der Waals surface area contributed by atoms with Gasteiger partial charge in [-0.1, -0.05) is 6.92 Å². The molecule has 100 valence electrons. The smallest absolute Gasteiger partial charge is 0.0760 e. The molecular weight excluding hydrogens is 212 g/mol. The highest BCUT2D eigenvalue weighted by Gasteiger charge is 2.39. The first-order valence-electron chi connectivity index (χ1n) is 6.91. The van der Waals surface area contributed by atoms with Crippen molar-refractivity contribution < 1.29 is 4.74 Å². The van der Waals surface area contributed by atoms with Crippen molar-refractivity contribution in [2.75, 3.05) is 32.7 Å². The maximum Gasteiger partial charge on any atom is 0.0760 e. The number of hydrogen-bond donors (Lipinski definition) is 1. The molecule has 0 saturated carbocycles. The second kappa shape index (κ2) is 4.52. The molecule has 2 aliphatic heterocycles. The van der Waals surface area contributed by atoms with E-state index < -0.39 is 0 Å². The van der Waals surface area contributed by atoms with E-state index in [2.05, 4.69) is 44.8 Å². The Morgan fingerprint density at radius 1 is 1.12 bits per heavy atom. The van der Waals surface area contributed by atoms with Crippen LogP contribution in [0, 0.1) is 11.8 Å². The molecule has 2 fully saturated rings. The Balaban J connectivity index is 1.96. The zero-order valence-corrected chi connectivity index (χ0v) is 12.0. The minimum Gasteiger partial charge on any atom is -0.367 e. The Kier molecular flexibility index (Phi) is 3.54. The van der Waals surface area contributed by atoms with Gasteiger partial charge in [0, 0.05) is 19.6 Å². The highest BCUT2D eigenvalue weighted by molar-refractivity contribution is 4.91. The van der Waals surface area contributed by atoms with Crippen molar-refractivity contribution in [1.82, 2.24) is 10.2 Å². The van der Waals surface area contributed by atoms with Crippen molar-refractivity contribution in [3.63, 3.8) is 0 Å². The summed E-state index contributed by atoms with van der Waals surface area (Å²) < 4.78 is 6.13. The average Bonchev–Trinajstić information content (AvgIpc) is 2.45. The van der Waals surface area contributed by atoms with Gasteiger partial charge in [-0.25, -0.2) is 0 Å². The summed E-state index contributed by atoms with van der Waals surface area (Å²) in [5, 5.41) is 3.50. The molecule has 1 N–H and O–H groups in total. The molecule has 2 rings (SSSR count). The molecular formula is C14H28N2O. The molecule has 2 saturated heterocycles. The molecule has 2 heterocycles. The Labute approximate surface area is 106 Å². The van der Waals surface area contributed by atoms with Crippen LogP contribution in [0.3, 0.4) is 0 Å². The van der Waals surface area contributed by atoms with Crippen molar-refractivity contribution in [2.24, 2.45) is 11.8 Å². The number of nitrogens with one attached hydrogen (secondary N) is 1. The van der Waals surface area contributed by atoms with E-state index in [0.717, 1.165) is 24.9 Å². The van der Waals surface area contributed by atoms with E-state index in [0.29, 0.717) is 0 Å². The minimum atomic E-state index is -0.0168. The van der Waals surface area contributed by atoms with Crippen LogP contribution in [0.1, 0.15) is 34.6 Å². The molecule has 0 aromatic carbocycles. The van der Waals surface area contributed by atoms with Crippen LogP contribution < -0.4 is 5.32 Å². The van der Waals surface area contributed by atoms with E-state index in [-0.39, 0.29) is 11.2 Å². The van der Waals surface area contributed by atoms with Crippen molar-refractivity contribution >= 4 is 0 Å². The number of hydrogen-bond acceptors (Lipinski definition) is 3. The fourth-order valence-corrected chi connectivity index (χ4v) is 3.51. The lowest BCUT2D eigenvalue weighted by molar-refractivity contribution is -0.182. The molecule has 0 aliphatic carbocycles. The van der Waals surface area contributed by atoms with E-state index >= 15 is 0 Å². The summed E-state index contributed by atoms with van der Waals surface area (Å²) in [6.45, 7) is 16.9. The van der Waals surface area contributed by atoms with Gasteiger partial charge in [0.15, 0.2) is 0 Å². The highest BCUT2D eigenvalue weighted by Crippen LogP contribution is 2.29. The van der Waals surface area contributed by atoms with Crippen molar-refractivity contribution in [3.05, 3.63) is 0 Å². The first-order chi connectivity index (χ1) is 7.77. The van der Waals surface area contributed by atoms with Gasteiger partial charge in [0.1, 0.15) is 0 Å². The second-order valence-electron chi connectivity index (χ2n) is 7.19. The largest absolute Gasteiger partial charge is 0.367 e. The highest BCUT2D eigenvalue weighted by atomic mass is 16.5. The standard InChI is InChI=1S/C14H28N2O/c1-11-6-15-7-12(11)8-16-9-13(2,3)17-14(4,5)10-16/h11-12,15H,6-10H2,1-5H3. The van der Waals surface area contributed by atoms with Crippen LogP contribution in [-0.4, -0.2) is 48.8 Å². The molecule has 2 atom stereocenters. The van der Waals surface area contributed by atoms with Crippen LogP contribution in [0.25, 0.3) is 0 Å². The molecule has 0 spiro atoms. The predicted molar refractivity (Wildman–Crippen MR) is 71.2 cm³/mol. The minimum absolute atomic E-state index is 0.0168. The van der Waals surface area contributed by atoms with Gasteiger partial charge in [-0.2, -0.15) is 0 Å². The molecule has 3 nitrogen and oxygen atoms in total.